The minimum Gasteiger partial charge on any atom is -0.481 e. The first-order valence-corrected chi connectivity index (χ1v) is 7.98. The van der Waals surface area contributed by atoms with Gasteiger partial charge in [0.2, 0.25) is 0 Å². The van der Waals surface area contributed by atoms with Crippen LogP contribution in [0.5, 0.6) is 5.75 Å². The largest absolute Gasteiger partial charge is 0.481 e. The monoisotopic (exact) mass is 300 g/mol. The van der Waals surface area contributed by atoms with E-state index in [0.29, 0.717) is 23.1 Å². The lowest BCUT2D eigenvalue weighted by atomic mass is 9.78. The van der Waals surface area contributed by atoms with Gasteiger partial charge in [-0.05, 0) is 43.4 Å². The second kappa shape index (κ2) is 7.31. The average Bonchev–Trinajstić information content (AvgIpc) is 2.52. The Morgan fingerprint density at radius 2 is 2.18 bits per heavy atom. The maximum atomic E-state index is 12.3. The van der Waals surface area contributed by atoms with Crippen molar-refractivity contribution in [3.63, 3.8) is 0 Å². The average molecular weight is 300 g/mol. The molecule has 0 saturated heterocycles. The van der Waals surface area contributed by atoms with Crippen molar-refractivity contribution in [2.24, 2.45) is 11.8 Å². The third-order valence-electron chi connectivity index (χ3n) is 4.68. The zero-order valence-corrected chi connectivity index (χ0v) is 13.5. The van der Waals surface area contributed by atoms with E-state index in [1.165, 1.54) is 6.42 Å². The lowest BCUT2D eigenvalue weighted by Crippen LogP contribution is -2.48. The van der Waals surface area contributed by atoms with Crippen molar-refractivity contribution in [3.05, 3.63) is 29.8 Å². The Kier molecular flexibility index (Phi) is 5.43. The van der Waals surface area contributed by atoms with E-state index >= 15 is 0 Å². The molecule has 0 aromatic heterocycles. The molecule has 0 radical (unpaired) electrons. The van der Waals surface area contributed by atoms with Crippen LogP contribution in [0.3, 0.4) is 0 Å². The molecule has 22 heavy (non-hydrogen) atoms. The van der Waals surface area contributed by atoms with E-state index in [1.54, 1.807) is 31.2 Å². The van der Waals surface area contributed by atoms with Gasteiger partial charge in [0.05, 0.1) is 11.6 Å². The van der Waals surface area contributed by atoms with Crippen LogP contribution in [0.25, 0.3) is 0 Å². The zero-order chi connectivity index (χ0) is 16.1. The van der Waals surface area contributed by atoms with E-state index < -0.39 is 6.10 Å². The number of nitriles is 1. The van der Waals surface area contributed by atoms with Gasteiger partial charge in [-0.1, -0.05) is 32.8 Å². The molecule has 0 aliphatic heterocycles. The number of nitrogens with zero attached hydrogens (tertiary/aromatic N) is 1. The van der Waals surface area contributed by atoms with Crippen LogP contribution in [-0.2, 0) is 4.79 Å². The minimum absolute atomic E-state index is 0.0895. The van der Waals surface area contributed by atoms with Crippen LogP contribution >= 0.6 is 0 Å². The van der Waals surface area contributed by atoms with Crippen LogP contribution in [-0.4, -0.2) is 18.1 Å². The lowest BCUT2D eigenvalue weighted by Gasteiger charge is -2.35. The summed E-state index contributed by atoms with van der Waals surface area (Å²) in [5.41, 5.74) is 0.528. The van der Waals surface area contributed by atoms with Gasteiger partial charge < -0.3 is 10.1 Å². The summed E-state index contributed by atoms with van der Waals surface area (Å²) in [7, 11) is 0. The molecule has 1 aromatic rings. The maximum Gasteiger partial charge on any atom is 0.261 e. The van der Waals surface area contributed by atoms with E-state index in [2.05, 4.69) is 25.2 Å². The third-order valence-corrected chi connectivity index (χ3v) is 4.68. The summed E-state index contributed by atoms with van der Waals surface area (Å²) in [6.07, 6.45) is 2.86. The molecule has 4 nitrogen and oxygen atoms in total. The van der Waals surface area contributed by atoms with Crippen molar-refractivity contribution in [2.75, 3.05) is 0 Å². The predicted octanol–water partition coefficient (Wildman–Crippen LogP) is 3.27. The van der Waals surface area contributed by atoms with Gasteiger partial charge in [-0.3, -0.25) is 4.79 Å². The molecule has 1 aromatic carbocycles. The van der Waals surface area contributed by atoms with Crippen LogP contribution in [0.4, 0.5) is 0 Å². The lowest BCUT2D eigenvalue weighted by molar-refractivity contribution is -0.128. The predicted molar refractivity (Wildman–Crippen MR) is 85.4 cm³/mol. The second-order valence-electron chi connectivity index (χ2n) is 6.28. The second-order valence-corrected chi connectivity index (χ2v) is 6.28. The van der Waals surface area contributed by atoms with Gasteiger partial charge in [-0.15, -0.1) is 0 Å². The highest BCUT2D eigenvalue weighted by Crippen LogP contribution is 2.29. The smallest absolute Gasteiger partial charge is 0.261 e. The number of hydrogen-bond acceptors (Lipinski definition) is 3. The van der Waals surface area contributed by atoms with Gasteiger partial charge in [0, 0.05) is 6.04 Å². The molecule has 1 N–H and O–H groups in total. The maximum absolute atomic E-state index is 12.3. The Labute approximate surface area is 132 Å². The van der Waals surface area contributed by atoms with E-state index in [-0.39, 0.29) is 11.9 Å². The van der Waals surface area contributed by atoms with Gasteiger partial charge in [0.15, 0.2) is 6.10 Å². The van der Waals surface area contributed by atoms with Crippen molar-refractivity contribution in [1.82, 2.24) is 5.32 Å². The van der Waals surface area contributed by atoms with Crippen molar-refractivity contribution in [3.8, 4) is 11.8 Å². The molecule has 1 aliphatic carbocycles. The Balaban J connectivity index is 1.93. The number of ether oxygens (including phenoxy) is 1. The van der Waals surface area contributed by atoms with Crippen LogP contribution in [0.2, 0.25) is 0 Å². The highest BCUT2D eigenvalue weighted by molar-refractivity contribution is 5.81. The highest BCUT2D eigenvalue weighted by atomic mass is 16.5. The molecule has 118 valence electrons. The van der Waals surface area contributed by atoms with Crippen LogP contribution < -0.4 is 10.1 Å². The molecule has 4 atom stereocenters. The van der Waals surface area contributed by atoms with Crippen LogP contribution in [0, 0.1) is 23.2 Å². The molecule has 1 amide bonds. The summed E-state index contributed by atoms with van der Waals surface area (Å²) >= 11 is 0. The molecular weight excluding hydrogens is 276 g/mol. The Hall–Kier alpha value is -2.02. The topological polar surface area (TPSA) is 62.1 Å². The molecule has 1 aliphatic rings. The number of nitrogens with one attached hydrogen (secondary N) is 1. The molecule has 4 heteroatoms. The fourth-order valence-corrected chi connectivity index (χ4v) is 2.98. The quantitative estimate of drug-likeness (QED) is 0.928. The van der Waals surface area contributed by atoms with E-state index in [4.69, 9.17) is 10.00 Å². The molecule has 1 saturated carbocycles. The fourth-order valence-electron chi connectivity index (χ4n) is 2.98. The Morgan fingerprint density at radius 3 is 2.91 bits per heavy atom. The molecule has 1 fully saturated rings. The first-order valence-electron chi connectivity index (χ1n) is 7.98. The van der Waals surface area contributed by atoms with E-state index in [9.17, 15) is 4.79 Å². The number of hydrogen-bond donors (Lipinski definition) is 1. The van der Waals surface area contributed by atoms with E-state index in [1.807, 2.05) is 0 Å². The third kappa shape index (κ3) is 4.00. The van der Waals surface area contributed by atoms with Gasteiger partial charge >= 0.3 is 0 Å². The van der Waals surface area contributed by atoms with Gasteiger partial charge in [0.25, 0.3) is 5.91 Å². The zero-order valence-electron chi connectivity index (χ0n) is 13.5. The molecule has 0 bridgehead atoms. The standard InChI is InChI=1S/C18H24N2O2/c1-12-6-4-9-17(13(12)2)20-18(21)14(3)22-16-8-5-7-15(10-16)11-19/h5,7-8,10,12-14,17H,4,6,9H2,1-3H3,(H,20,21)/t12-,13+,14-,17+/m0/s1. The molecule has 0 unspecified atom stereocenters. The van der Waals surface area contributed by atoms with E-state index in [0.717, 1.165) is 12.8 Å². The number of rotatable bonds is 4. The summed E-state index contributed by atoms with van der Waals surface area (Å²) in [4.78, 5) is 12.3. The van der Waals surface area contributed by atoms with Crippen molar-refractivity contribution < 1.29 is 9.53 Å². The van der Waals surface area contributed by atoms with Crippen molar-refractivity contribution in [2.45, 2.75) is 52.2 Å². The molecular formula is C18H24N2O2. The highest BCUT2D eigenvalue weighted by Gasteiger charge is 2.29. The number of amides is 1. The van der Waals surface area contributed by atoms with Gasteiger partial charge in [0.1, 0.15) is 5.75 Å². The summed E-state index contributed by atoms with van der Waals surface area (Å²) in [5.74, 6) is 1.59. The van der Waals surface area contributed by atoms with Crippen molar-refractivity contribution >= 4 is 5.91 Å². The minimum atomic E-state index is -0.571. The number of benzene rings is 1. The summed E-state index contributed by atoms with van der Waals surface area (Å²) in [6.45, 7) is 6.19. The first kappa shape index (κ1) is 16.4. The summed E-state index contributed by atoms with van der Waals surface area (Å²) < 4.78 is 5.66. The molecule has 0 spiro atoms. The Bertz CT molecular complexity index is 564. The summed E-state index contributed by atoms with van der Waals surface area (Å²) in [5, 5.41) is 12.0. The summed E-state index contributed by atoms with van der Waals surface area (Å²) in [6, 6.07) is 9.17. The number of carbonyl (C=O) groups is 1. The number of carbonyl (C=O) groups excluding carboxylic acids is 1. The van der Waals surface area contributed by atoms with Gasteiger partial charge in [-0.2, -0.15) is 5.26 Å². The molecule has 2 rings (SSSR count). The van der Waals surface area contributed by atoms with Crippen molar-refractivity contribution in [1.29, 1.82) is 5.26 Å². The van der Waals surface area contributed by atoms with Crippen LogP contribution in [0.15, 0.2) is 24.3 Å². The van der Waals surface area contributed by atoms with Gasteiger partial charge in [-0.25, -0.2) is 0 Å². The molecule has 0 heterocycles. The first-order chi connectivity index (χ1) is 10.5. The Morgan fingerprint density at radius 1 is 1.41 bits per heavy atom. The fraction of sp³-hybridized carbons (Fsp3) is 0.556. The SMILES string of the molecule is C[C@@H]1[C@@H](C)CCC[C@H]1NC(=O)[C@H](C)Oc1cccc(C#N)c1. The van der Waals surface area contributed by atoms with Crippen LogP contribution in [0.1, 0.15) is 45.6 Å². The normalized spacial score (nSPS) is 25.8.